The number of hydrogen-bond acceptors (Lipinski definition) is 3. The molecule has 0 aromatic carbocycles. The van der Waals surface area contributed by atoms with E-state index in [1.54, 1.807) is 23.2 Å². The molecule has 1 unspecified atom stereocenters. The fourth-order valence-corrected chi connectivity index (χ4v) is 1.80. The highest BCUT2D eigenvalue weighted by molar-refractivity contribution is 6.30. The van der Waals surface area contributed by atoms with Crippen LogP contribution < -0.4 is 10.6 Å². The zero-order valence-corrected chi connectivity index (χ0v) is 8.94. The molecule has 1 atom stereocenters. The third-order valence-electron chi connectivity index (χ3n) is 2.53. The highest BCUT2D eigenvalue weighted by Gasteiger charge is 2.30. The van der Waals surface area contributed by atoms with Crippen molar-refractivity contribution in [2.75, 3.05) is 18.0 Å². The number of nitrogens with zero attached hydrogens (tertiary/aromatic N) is 2. The largest absolute Gasteiger partial charge is 0.330 e. The van der Waals surface area contributed by atoms with Crippen molar-refractivity contribution in [3.63, 3.8) is 0 Å². The van der Waals surface area contributed by atoms with Crippen LogP contribution in [0.4, 0.5) is 5.82 Å². The zero-order valence-electron chi connectivity index (χ0n) is 8.19. The van der Waals surface area contributed by atoms with Gasteiger partial charge in [-0.05, 0) is 24.6 Å². The van der Waals surface area contributed by atoms with Crippen LogP contribution in [0, 0.1) is 5.92 Å². The van der Waals surface area contributed by atoms with Gasteiger partial charge in [-0.25, -0.2) is 4.98 Å². The van der Waals surface area contributed by atoms with E-state index in [-0.39, 0.29) is 11.8 Å². The summed E-state index contributed by atoms with van der Waals surface area (Å²) < 4.78 is 0. The minimum Gasteiger partial charge on any atom is -0.330 e. The maximum atomic E-state index is 11.6. The van der Waals surface area contributed by atoms with Gasteiger partial charge in [0.1, 0.15) is 5.82 Å². The van der Waals surface area contributed by atoms with Gasteiger partial charge in [-0.1, -0.05) is 11.6 Å². The highest BCUT2D eigenvalue weighted by atomic mass is 35.5. The Kier molecular flexibility index (Phi) is 2.88. The van der Waals surface area contributed by atoms with Crippen LogP contribution in [0.25, 0.3) is 0 Å². The number of anilines is 1. The molecule has 1 aliphatic rings. The Labute approximate surface area is 93.0 Å². The Balaban J connectivity index is 2.18. The van der Waals surface area contributed by atoms with E-state index in [1.807, 2.05) is 0 Å². The summed E-state index contributed by atoms with van der Waals surface area (Å²) in [5, 5.41) is 0.570. The van der Waals surface area contributed by atoms with Crippen LogP contribution >= 0.6 is 11.6 Å². The molecule has 0 spiro atoms. The molecular formula is C10H12ClN3O. The van der Waals surface area contributed by atoms with E-state index in [1.165, 1.54) is 0 Å². The quantitative estimate of drug-likeness (QED) is 0.819. The number of aromatic nitrogens is 1. The highest BCUT2D eigenvalue weighted by Crippen LogP contribution is 2.23. The number of hydrogen-bond donors (Lipinski definition) is 1. The van der Waals surface area contributed by atoms with Crippen molar-refractivity contribution in [2.24, 2.45) is 11.7 Å². The number of nitrogens with two attached hydrogens (primary N) is 1. The molecule has 1 aliphatic heterocycles. The lowest BCUT2D eigenvalue weighted by Crippen LogP contribution is -2.26. The van der Waals surface area contributed by atoms with Gasteiger partial charge in [-0.2, -0.15) is 0 Å². The van der Waals surface area contributed by atoms with E-state index in [2.05, 4.69) is 4.98 Å². The lowest BCUT2D eigenvalue weighted by molar-refractivity contribution is -0.117. The first kappa shape index (κ1) is 10.4. The topological polar surface area (TPSA) is 59.2 Å². The van der Waals surface area contributed by atoms with Gasteiger partial charge in [0.25, 0.3) is 0 Å². The van der Waals surface area contributed by atoms with Gasteiger partial charge in [-0.15, -0.1) is 0 Å². The summed E-state index contributed by atoms with van der Waals surface area (Å²) in [6.45, 7) is 1.19. The standard InChI is InChI=1S/C10H12ClN3O/c11-8-1-2-9(13-5-8)14-6-7(4-12)3-10(14)15/h1-2,5,7H,3-4,6,12H2. The van der Waals surface area contributed by atoms with Crippen molar-refractivity contribution in [1.82, 2.24) is 4.98 Å². The Morgan fingerprint density at radius 1 is 1.60 bits per heavy atom. The van der Waals surface area contributed by atoms with Crippen LogP contribution in [0.5, 0.6) is 0 Å². The Morgan fingerprint density at radius 2 is 2.40 bits per heavy atom. The second-order valence-corrected chi connectivity index (χ2v) is 4.08. The maximum Gasteiger partial charge on any atom is 0.228 e. The predicted molar refractivity (Wildman–Crippen MR) is 58.8 cm³/mol. The molecule has 80 valence electrons. The van der Waals surface area contributed by atoms with E-state index in [0.717, 1.165) is 0 Å². The number of halogens is 1. The van der Waals surface area contributed by atoms with Crippen molar-refractivity contribution in [1.29, 1.82) is 0 Å². The van der Waals surface area contributed by atoms with Crippen molar-refractivity contribution < 1.29 is 4.79 Å². The van der Waals surface area contributed by atoms with Crippen molar-refractivity contribution in [2.45, 2.75) is 6.42 Å². The maximum absolute atomic E-state index is 11.6. The predicted octanol–water partition coefficient (Wildman–Crippen LogP) is 1.05. The van der Waals surface area contributed by atoms with Crippen LogP contribution in [0.1, 0.15) is 6.42 Å². The Bertz CT molecular complexity index is 365. The van der Waals surface area contributed by atoms with Crippen LogP contribution in [0.3, 0.4) is 0 Å². The molecule has 0 bridgehead atoms. The molecule has 5 heteroatoms. The van der Waals surface area contributed by atoms with Crippen LogP contribution in [-0.2, 0) is 4.79 Å². The summed E-state index contributed by atoms with van der Waals surface area (Å²) in [5.74, 6) is 0.982. The normalized spacial score (nSPS) is 21.1. The lowest BCUT2D eigenvalue weighted by atomic mass is 10.1. The second kappa shape index (κ2) is 4.16. The molecule has 1 aromatic rings. The van der Waals surface area contributed by atoms with Gasteiger partial charge in [-0.3, -0.25) is 9.69 Å². The van der Waals surface area contributed by atoms with Crippen molar-refractivity contribution in [3.8, 4) is 0 Å². The molecule has 2 heterocycles. The molecule has 2 N–H and O–H groups in total. The minimum absolute atomic E-state index is 0.0836. The van der Waals surface area contributed by atoms with Crippen molar-refractivity contribution >= 4 is 23.3 Å². The van der Waals surface area contributed by atoms with Gasteiger partial charge in [0.15, 0.2) is 0 Å². The molecule has 0 radical (unpaired) electrons. The fourth-order valence-electron chi connectivity index (χ4n) is 1.69. The van der Waals surface area contributed by atoms with Crippen LogP contribution in [0.15, 0.2) is 18.3 Å². The Hall–Kier alpha value is -1.13. The SMILES string of the molecule is NCC1CC(=O)N(c2ccc(Cl)cn2)C1. The average molecular weight is 226 g/mol. The molecule has 1 aromatic heterocycles. The average Bonchev–Trinajstić information content (AvgIpc) is 2.61. The second-order valence-electron chi connectivity index (χ2n) is 3.64. The molecule has 1 fully saturated rings. The lowest BCUT2D eigenvalue weighted by Gasteiger charge is -2.14. The first-order valence-corrected chi connectivity index (χ1v) is 5.20. The van der Waals surface area contributed by atoms with Crippen molar-refractivity contribution in [3.05, 3.63) is 23.4 Å². The first-order chi connectivity index (χ1) is 7.20. The first-order valence-electron chi connectivity index (χ1n) is 4.82. The van der Waals surface area contributed by atoms with Gasteiger partial charge in [0.2, 0.25) is 5.91 Å². The van der Waals surface area contributed by atoms with Gasteiger partial charge >= 0.3 is 0 Å². The number of rotatable bonds is 2. The molecule has 0 aliphatic carbocycles. The molecular weight excluding hydrogens is 214 g/mol. The van der Waals surface area contributed by atoms with Gasteiger partial charge < -0.3 is 5.73 Å². The van der Waals surface area contributed by atoms with E-state index in [4.69, 9.17) is 17.3 Å². The van der Waals surface area contributed by atoms with E-state index in [9.17, 15) is 4.79 Å². The molecule has 4 nitrogen and oxygen atoms in total. The van der Waals surface area contributed by atoms with Crippen LogP contribution in [-0.4, -0.2) is 24.0 Å². The Morgan fingerprint density at radius 3 is 2.93 bits per heavy atom. The molecule has 1 amide bonds. The number of pyridine rings is 1. The number of carbonyl (C=O) groups excluding carboxylic acids is 1. The van der Waals surface area contributed by atoms with E-state index < -0.39 is 0 Å². The smallest absolute Gasteiger partial charge is 0.228 e. The van der Waals surface area contributed by atoms with Crippen LogP contribution in [0.2, 0.25) is 5.02 Å². The fraction of sp³-hybridized carbons (Fsp3) is 0.400. The van der Waals surface area contributed by atoms with E-state index in [0.29, 0.717) is 30.4 Å². The molecule has 1 saturated heterocycles. The van der Waals surface area contributed by atoms with Gasteiger partial charge in [0.05, 0.1) is 5.02 Å². The summed E-state index contributed by atoms with van der Waals surface area (Å²) in [6, 6.07) is 3.48. The summed E-state index contributed by atoms with van der Waals surface area (Å²) in [7, 11) is 0. The summed E-state index contributed by atoms with van der Waals surface area (Å²) >= 11 is 5.72. The molecule has 15 heavy (non-hydrogen) atoms. The summed E-state index contributed by atoms with van der Waals surface area (Å²) in [6.07, 6.45) is 2.06. The third-order valence-corrected chi connectivity index (χ3v) is 2.75. The molecule has 0 saturated carbocycles. The third kappa shape index (κ3) is 2.11. The molecule has 2 rings (SSSR count). The van der Waals surface area contributed by atoms with Gasteiger partial charge in [0, 0.05) is 19.2 Å². The van der Waals surface area contributed by atoms with E-state index >= 15 is 0 Å². The minimum atomic E-state index is 0.0836. The zero-order chi connectivity index (χ0) is 10.8. The summed E-state index contributed by atoms with van der Waals surface area (Å²) in [4.78, 5) is 17.4. The monoisotopic (exact) mass is 225 g/mol. The summed E-state index contributed by atoms with van der Waals surface area (Å²) in [5.41, 5.74) is 5.54. The number of amides is 1. The number of carbonyl (C=O) groups is 1.